The molecule has 1 saturated heterocycles. The van der Waals surface area contributed by atoms with Crippen molar-refractivity contribution in [1.29, 1.82) is 0 Å². The van der Waals surface area contributed by atoms with Crippen LogP contribution in [0.2, 0.25) is 0 Å². The molecule has 1 fully saturated rings. The third kappa shape index (κ3) is 2.32. The van der Waals surface area contributed by atoms with Crippen LogP contribution < -0.4 is 4.90 Å². The molecule has 1 aliphatic rings. The monoisotopic (exact) mass is 220 g/mol. The summed E-state index contributed by atoms with van der Waals surface area (Å²) in [5, 5.41) is 0. The number of rotatable bonds is 2. The van der Waals surface area contributed by atoms with Gasteiger partial charge in [-0.3, -0.25) is 9.78 Å². The normalized spacial score (nSPS) is 20.6. The van der Waals surface area contributed by atoms with E-state index in [0.717, 1.165) is 31.6 Å². The van der Waals surface area contributed by atoms with Gasteiger partial charge in [-0.25, -0.2) is 0 Å². The zero-order valence-corrected chi connectivity index (χ0v) is 9.43. The Balaban J connectivity index is 2.05. The Labute approximate surface area is 95.2 Å². The highest BCUT2D eigenvalue weighted by atomic mass is 16.5. The average Bonchev–Trinajstić information content (AvgIpc) is 2.39. The lowest BCUT2D eigenvalue weighted by molar-refractivity contribution is -0.145. The number of piperidine rings is 1. The van der Waals surface area contributed by atoms with Gasteiger partial charge >= 0.3 is 5.97 Å². The number of carbonyl (C=O) groups is 1. The molecule has 2 heterocycles. The van der Waals surface area contributed by atoms with Crippen molar-refractivity contribution < 1.29 is 9.53 Å². The zero-order chi connectivity index (χ0) is 11.4. The summed E-state index contributed by atoms with van der Waals surface area (Å²) in [7, 11) is 1.45. The van der Waals surface area contributed by atoms with Crippen LogP contribution in [0.3, 0.4) is 0 Å². The van der Waals surface area contributed by atoms with Crippen LogP contribution in [-0.4, -0.2) is 31.2 Å². The minimum atomic E-state index is -0.103. The fourth-order valence-electron chi connectivity index (χ4n) is 2.11. The number of methoxy groups -OCH3 is 1. The molecule has 0 aliphatic carbocycles. The number of carbonyl (C=O) groups excluding carboxylic acids is 1. The molecule has 16 heavy (non-hydrogen) atoms. The number of aromatic nitrogens is 1. The summed E-state index contributed by atoms with van der Waals surface area (Å²) in [6, 6.07) is 3.93. The van der Waals surface area contributed by atoms with Crippen LogP contribution in [0, 0.1) is 5.92 Å². The average molecular weight is 220 g/mol. The maximum Gasteiger partial charge on any atom is 0.310 e. The Morgan fingerprint density at radius 3 is 3.19 bits per heavy atom. The highest BCUT2D eigenvalue weighted by molar-refractivity contribution is 5.73. The van der Waals surface area contributed by atoms with Gasteiger partial charge in [-0.2, -0.15) is 0 Å². The zero-order valence-electron chi connectivity index (χ0n) is 9.43. The Kier molecular flexibility index (Phi) is 3.39. The van der Waals surface area contributed by atoms with E-state index in [1.165, 1.54) is 7.11 Å². The van der Waals surface area contributed by atoms with E-state index in [2.05, 4.69) is 9.88 Å². The second-order valence-corrected chi connectivity index (χ2v) is 4.02. The van der Waals surface area contributed by atoms with E-state index in [-0.39, 0.29) is 11.9 Å². The third-order valence-corrected chi connectivity index (χ3v) is 2.97. The Hall–Kier alpha value is -1.58. The summed E-state index contributed by atoms with van der Waals surface area (Å²) < 4.78 is 4.79. The summed E-state index contributed by atoms with van der Waals surface area (Å²) in [4.78, 5) is 17.8. The Morgan fingerprint density at radius 2 is 2.50 bits per heavy atom. The molecule has 0 saturated carbocycles. The van der Waals surface area contributed by atoms with Gasteiger partial charge in [0.25, 0.3) is 0 Å². The van der Waals surface area contributed by atoms with Gasteiger partial charge in [-0.05, 0) is 25.0 Å². The molecule has 1 atom stereocenters. The van der Waals surface area contributed by atoms with Gasteiger partial charge in [0.15, 0.2) is 0 Å². The molecular weight excluding hydrogens is 204 g/mol. The van der Waals surface area contributed by atoms with E-state index in [4.69, 9.17) is 4.74 Å². The summed E-state index contributed by atoms with van der Waals surface area (Å²) >= 11 is 0. The van der Waals surface area contributed by atoms with Gasteiger partial charge < -0.3 is 9.64 Å². The van der Waals surface area contributed by atoms with E-state index in [1.807, 2.05) is 18.3 Å². The molecule has 4 nitrogen and oxygen atoms in total. The van der Waals surface area contributed by atoms with Crippen LogP contribution in [0.1, 0.15) is 12.8 Å². The van der Waals surface area contributed by atoms with Crippen molar-refractivity contribution in [1.82, 2.24) is 4.98 Å². The first-order valence-corrected chi connectivity index (χ1v) is 5.54. The van der Waals surface area contributed by atoms with Crippen LogP contribution in [0.5, 0.6) is 0 Å². The first kappa shape index (κ1) is 10.9. The molecule has 0 radical (unpaired) electrons. The number of nitrogens with zero attached hydrogens (tertiary/aromatic N) is 2. The smallest absolute Gasteiger partial charge is 0.310 e. The molecule has 0 N–H and O–H groups in total. The van der Waals surface area contributed by atoms with Crippen LogP contribution in [0.25, 0.3) is 0 Å². The van der Waals surface area contributed by atoms with Gasteiger partial charge in [-0.1, -0.05) is 0 Å². The number of ether oxygens (including phenoxy) is 1. The minimum absolute atomic E-state index is 0.000967. The molecule has 1 aliphatic heterocycles. The van der Waals surface area contributed by atoms with Crippen LogP contribution in [0.4, 0.5) is 5.69 Å². The van der Waals surface area contributed by atoms with E-state index in [0.29, 0.717) is 0 Å². The summed E-state index contributed by atoms with van der Waals surface area (Å²) in [5.74, 6) is -0.104. The highest BCUT2D eigenvalue weighted by Gasteiger charge is 2.26. The van der Waals surface area contributed by atoms with Crippen molar-refractivity contribution in [3.05, 3.63) is 24.5 Å². The van der Waals surface area contributed by atoms with Gasteiger partial charge in [0.2, 0.25) is 0 Å². The van der Waals surface area contributed by atoms with E-state index < -0.39 is 0 Å². The number of hydrogen-bond donors (Lipinski definition) is 0. The van der Waals surface area contributed by atoms with Crippen LogP contribution in [-0.2, 0) is 9.53 Å². The third-order valence-electron chi connectivity index (χ3n) is 2.97. The van der Waals surface area contributed by atoms with Crippen molar-refractivity contribution in [3.63, 3.8) is 0 Å². The minimum Gasteiger partial charge on any atom is -0.469 e. The summed E-state index contributed by atoms with van der Waals surface area (Å²) in [6.07, 6.45) is 5.53. The number of esters is 1. The van der Waals surface area contributed by atoms with Crippen molar-refractivity contribution in [2.45, 2.75) is 12.8 Å². The number of pyridine rings is 1. The molecular formula is C12H16N2O2. The van der Waals surface area contributed by atoms with Gasteiger partial charge in [-0.15, -0.1) is 0 Å². The van der Waals surface area contributed by atoms with E-state index in [9.17, 15) is 4.79 Å². The molecule has 1 unspecified atom stereocenters. The first-order valence-electron chi connectivity index (χ1n) is 5.54. The van der Waals surface area contributed by atoms with Crippen molar-refractivity contribution in [2.24, 2.45) is 5.92 Å². The van der Waals surface area contributed by atoms with E-state index in [1.54, 1.807) is 6.20 Å². The Bertz CT molecular complexity index is 353. The van der Waals surface area contributed by atoms with E-state index >= 15 is 0 Å². The molecule has 1 aromatic rings. The largest absolute Gasteiger partial charge is 0.469 e. The SMILES string of the molecule is COC(=O)C1CCCN(c2cccnc2)C1. The highest BCUT2D eigenvalue weighted by Crippen LogP contribution is 2.22. The second kappa shape index (κ2) is 4.96. The number of hydrogen-bond acceptors (Lipinski definition) is 4. The predicted molar refractivity (Wildman–Crippen MR) is 61.2 cm³/mol. The topological polar surface area (TPSA) is 42.4 Å². The van der Waals surface area contributed by atoms with Gasteiger partial charge in [0.1, 0.15) is 0 Å². The lowest BCUT2D eigenvalue weighted by Gasteiger charge is -2.32. The van der Waals surface area contributed by atoms with Gasteiger partial charge in [0.05, 0.1) is 24.9 Å². The van der Waals surface area contributed by atoms with Crippen LogP contribution >= 0.6 is 0 Å². The molecule has 4 heteroatoms. The predicted octanol–water partition coefficient (Wildman–Crippen LogP) is 1.47. The molecule has 2 rings (SSSR count). The maximum atomic E-state index is 11.5. The fourth-order valence-corrected chi connectivity index (χ4v) is 2.11. The first-order chi connectivity index (χ1) is 7.81. The van der Waals surface area contributed by atoms with Crippen molar-refractivity contribution in [2.75, 3.05) is 25.1 Å². The second-order valence-electron chi connectivity index (χ2n) is 4.02. The number of anilines is 1. The molecule has 86 valence electrons. The van der Waals surface area contributed by atoms with Crippen LogP contribution in [0.15, 0.2) is 24.5 Å². The molecule has 0 bridgehead atoms. The molecule has 0 amide bonds. The standard InChI is InChI=1S/C12H16N2O2/c1-16-12(15)10-4-3-7-14(9-10)11-5-2-6-13-8-11/h2,5-6,8,10H,3-4,7,9H2,1H3. The summed E-state index contributed by atoms with van der Waals surface area (Å²) in [5.41, 5.74) is 1.08. The Morgan fingerprint density at radius 1 is 1.62 bits per heavy atom. The van der Waals surface area contributed by atoms with Gasteiger partial charge in [0, 0.05) is 19.3 Å². The van der Waals surface area contributed by atoms with Crippen molar-refractivity contribution >= 4 is 11.7 Å². The lowest BCUT2D eigenvalue weighted by Crippen LogP contribution is -2.39. The van der Waals surface area contributed by atoms with Crippen molar-refractivity contribution in [3.8, 4) is 0 Å². The molecule has 0 aromatic carbocycles. The molecule has 1 aromatic heterocycles. The fraction of sp³-hybridized carbons (Fsp3) is 0.500. The maximum absolute atomic E-state index is 11.5. The molecule has 0 spiro atoms. The lowest BCUT2D eigenvalue weighted by atomic mass is 9.98. The summed E-state index contributed by atoms with van der Waals surface area (Å²) in [6.45, 7) is 1.72. The quantitative estimate of drug-likeness (QED) is 0.708.